The van der Waals surface area contributed by atoms with E-state index >= 15 is 0 Å². The maximum Gasteiger partial charge on any atom is 0.337 e. The van der Waals surface area contributed by atoms with Gasteiger partial charge in [0.05, 0.1) is 10.6 Å². The van der Waals surface area contributed by atoms with Crippen molar-refractivity contribution in [2.24, 2.45) is 0 Å². The van der Waals surface area contributed by atoms with E-state index in [1.54, 1.807) is 0 Å². The molecule has 0 fully saturated rings. The summed E-state index contributed by atoms with van der Waals surface area (Å²) in [6.45, 7) is 1.95. The molecule has 4 nitrogen and oxygen atoms in total. The first-order valence-electron chi connectivity index (χ1n) is 5.39. The second-order valence-corrected chi connectivity index (χ2v) is 5.27. The second kappa shape index (κ2) is 5.59. The Hall–Kier alpha value is -1.59. The van der Waals surface area contributed by atoms with E-state index in [-0.39, 0.29) is 10.6 Å². The number of benzene rings is 1. The number of hydrogen-bond acceptors (Lipinski definition) is 3. The number of carboxylic acids is 1. The lowest BCUT2D eigenvalue weighted by Gasteiger charge is -2.10. The van der Waals surface area contributed by atoms with Crippen LogP contribution in [0.1, 0.15) is 15.9 Å². The summed E-state index contributed by atoms with van der Waals surface area (Å²) in [6.07, 6.45) is 1.27. The van der Waals surface area contributed by atoms with Crippen molar-refractivity contribution in [2.45, 2.75) is 6.92 Å². The minimum absolute atomic E-state index is 0.0584. The highest BCUT2D eigenvalue weighted by Crippen LogP contribution is 2.27. The highest BCUT2D eigenvalue weighted by Gasteiger charge is 2.09. The van der Waals surface area contributed by atoms with Crippen LogP contribution in [0.3, 0.4) is 0 Å². The van der Waals surface area contributed by atoms with Crippen molar-refractivity contribution in [3.63, 3.8) is 0 Å². The molecule has 2 rings (SSSR count). The predicted molar refractivity (Wildman–Crippen MR) is 78.4 cm³/mol. The standard InChI is InChI=1S/C13H10BrClN2O2/c1-7-4-9(14)2-3-11(7)17-12-10(15)5-8(6-16-12)13(18)19/h2-6H,1H3,(H,16,17)(H,18,19). The van der Waals surface area contributed by atoms with Crippen LogP contribution >= 0.6 is 27.5 Å². The number of aryl methyl sites for hydroxylation is 1. The molecule has 1 heterocycles. The molecule has 2 N–H and O–H groups in total. The molecular formula is C13H10BrClN2O2. The lowest BCUT2D eigenvalue weighted by molar-refractivity contribution is 0.0696. The van der Waals surface area contributed by atoms with Crippen molar-refractivity contribution < 1.29 is 9.90 Å². The fourth-order valence-corrected chi connectivity index (χ4v) is 2.23. The third-order valence-electron chi connectivity index (χ3n) is 2.53. The number of rotatable bonds is 3. The summed E-state index contributed by atoms with van der Waals surface area (Å²) in [4.78, 5) is 14.8. The Labute approximate surface area is 123 Å². The molecule has 0 aliphatic heterocycles. The van der Waals surface area contributed by atoms with Crippen LogP contribution in [0, 0.1) is 6.92 Å². The molecule has 2 aromatic rings. The van der Waals surface area contributed by atoms with Crippen LogP contribution < -0.4 is 5.32 Å². The molecule has 0 amide bonds. The Kier molecular flexibility index (Phi) is 4.07. The molecule has 0 unspecified atom stereocenters. The number of hydrogen-bond donors (Lipinski definition) is 2. The molecule has 0 atom stereocenters. The SMILES string of the molecule is Cc1cc(Br)ccc1Nc1ncc(C(=O)O)cc1Cl. The first kappa shape index (κ1) is 13.8. The average Bonchev–Trinajstić information content (AvgIpc) is 2.34. The van der Waals surface area contributed by atoms with Crippen molar-refractivity contribution >= 4 is 45.0 Å². The number of carbonyl (C=O) groups is 1. The van der Waals surface area contributed by atoms with Gasteiger partial charge in [0.25, 0.3) is 0 Å². The highest BCUT2D eigenvalue weighted by molar-refractivity contribution is 9.10. The van der Waals surface area contributed by atoms with Gasteiger partial charge in [0.15, 0.2) is 0 Å². The van der Waals surface area contributed by atoms with Crippen LogP contribution in [0.15, 0.2) is 34.9 Å². The summed E-state index contributed by atoms with van der Waals surface area (Å²) in [7, 11) is 0. The van der Waals surface area contributed by atoms with Gasteiger partial charge in [-0.15, -0.1) is 0 Å². The van der Waals surface area contributed by atoms with Crippen LogP contribution in [-0.2, 0) is 0 Å². The van der Waals surface area contributed by atoms with Gasteiger partial charge in [0.1, 0.15) is 5.82 Å². The molecule has 0 aliphatic rings. The van der Waals surface area contributed by atoms with E-state index in [1.807, 2.05) is 25.1 Å². The van der Waals surface area contributed by atoms with Crippen LogP contribution in [0.25, 0.3) is 0 Å². The number of pyridine rings is 1. The van der Waals surface area contributed by atoms with Gasteiger partial charge in [-0.2, -0.15) is 0 Å². The summed E-state index contributed by atoms with van der Waals surface area (Å²) in [5.41, 5.74) is 1.94. The topological polar surface area (TPSA) is 62.2 Å². The molecule has 98 valence electrons. The van der Waals surface area contributed by atoms with Crippen LogP contribution in [0.5, 0.6) is 0 Å². The van der Waals surface area contributed by atoms with Crippen molar-refractivity contribution in [3.05, 3.63) is 51.1 Å². The van der Waals surface area contributed by atoms with Crippen molar-refractivity contribution in [1.82, 2.24) is 4.98 Å². The Morgan fingerprint density at radius 2 is 2.16 bits per heavy atom. The predicted octanol–water partition coefficient (Wildman–Crippen LogP) is 4.25. The maximum absolute atomic E-state index is 10.8. The lowest BCUT2D eigenvalue weighted by Crippen LogP contribution is -2.01. The average molecular weight is 342 g/mol. The number of aromatic carboxylic acids is 1. The fourth-order valence-electron chi connectivity index (χ4n) is 1.54. The third-order valence-corrected chi connectivity index (χ3v) is 3.31. The molecule has 0 radical (unpaired) electrons. The van der Waals surface area contributed by atoms with Crippen molar-refractivity contribution in [1.29, 1.82) is 0 Å². The first-order valence-corrected chi connectivity index (χ1v) is 6.56. The van der Waals surface area contributed by atoms with Gasteiger partial charge in [-0.3, -0.25) is 0 Å². The number of nitrogens with zero attached hydrogens (tertiary/aromatic N) is 1. The third kappa shape index (κ3) is 3.24. The van der Waals surface area contributed by atoms with Gasteiger partial charge in [-0.1, -0.05) is 27.5 Å². The zero-order chi connectivity index (χ0) is 14.0. The van der Waals surface area contributed by atoms with E-state index in [1.165, 1.54) is 12.3 Å². The molecular weight excluding hydrogens is 332 g/mol. The zero-order valence-corrected chi connectivity index (χ0v) is 12.3. The quantitative estimate of drug-likeness (QED) is 0.876. The van der Waals surface area contributed by atoms with Crippen molar-refractivity contribution in [3.8, 4) is 0 Å². The van der Waals surface area contributed by atoms with E-state index in [4.69, 9.17) is 16.7 Å². The Balaban J connectivity index is 2.31. The van der Waals surface area contributed by atoms with E-state index in [0.717, 1.165) is 15.7 Å². The smallest absolute Gasteiger partial charge is 0.337 e. The van der Waals surface area contributed by atoms with E-state index in [9.17, 15) is 4.79 Å². The van der Waals surface area contributed by atoms with E-state index < -0.39 is 5.97 Å². The van der Waals surface area contributed by atoms with Gasteiger partial charge < -0.3 is 10.4 Å². The highest BCUT2D eigenvalue weighted by atomic mass is 79.9. The normalized spacial score (nSPS) is 10.3. The molecule has 1 aromatic carbocycles. The summed E-state index contributed by atoms with van der Waals surface area (Å²) in [5, 5.41) is 12.2. The van der Waals surface area contributed by atoms with Gasteiger partial charge in [-0.05, 0) is 36.8 Å². The number of anilines is 2. The lowest BCUT2D eigenvalue weighted by atomic mass is 10.2. The summed E-state index contributed by atoms with van der Waals surface area (Å²) >= 11 is 9.40. The molecule has 19 heavy (non-hydrogen) atoms. The largest absolute Gasteiger partial charge is 0.478 e. The molecule has 0 saturated heterocycles. The summed E-state index contributed by atoms with van der Waals surface area (Å²) in [6, 6.07) is 7.12. The number of carboxylic acid groups (broad SMARTS) is 1. The second-order valence-electron chi connectivity index (χ2n) is 3.94. The molecule has 0 saturated carbocycles. The van der Waals surface area contributed by atoms with Gasteiger partial charge in [0, 0.05) is 16.4 Å². The van der Waals surface area contributed by atoms with Crippen molar-refractivity contribution in [2.75, 3.05) is 5.32 Å². The van der Waals surface area contributed by atoms with E-state index in [0.29, 0.717) is 5.82 Å². The number of aromatic nitrogens is 1. The van der Waals surface area contributed by atoms with E-state index in [2.05, 4.69) is 26.2 Å². The molecule has 0 bridgehead atoms. The Morgan fingerprint density at radius 3 is 2.74 bits per heavy atom. The minimum atomic E-state index is -1.05. The summed E-state index contributed by atoms with van der Waals surface area (Å²) in [5.74, 6) is -0.627. The number of halogens is 2. The molecule has 0 spiro atoms. The monoisotopic (exact) mass is 340 g/mol. The fraction of sp³-hybridized carbons (Fsp3) is 0.0769. The van der Waals surface area contributed by atoms with Crippen LogP contribution in [0.4, 0.5) is 11.5 Å². The van der Waals surface area contributed by atoms with Gasteiger partial charge in [-0.25, -0.2) is 9.78 Å². The zero-order valence-electron chi connectivity index (χ0n) is 9.95. The molecule has 0 aliphatic carbocycles. The Morgan fingerprint density at radius 1 is 1.42 bits per heavy atom. The molecule has 6 heteroatoms. The van der Waals surface area contributed by atoms with Crippen LogP contribution in [-0.4, -0.2) is 16.1 Å². The Bertz CT molecular complexity index is 647. The van der Waals surface area contributed by atoms with Gasteiger partial charge >= 0.3 is 5.97 Å². The maximum atomic E-state index is 10.8. The molecule has 1 aromatic heterocycles. The minimum Gasteiger partial charge on any atom is -0.478 e. The summed E-state index contributed by atoms with van der Waals surface area (Å²) < 4.78 is 0.982. The van der Waals surface area contributed by atoms with Gasteiger partial charge in [0.2, 0.25) is 0 Å². The number of nitrogens with one attached hydrogen (secondary N) is 1. The first-order chi connectivity index (χ1) is 8.97. The van der Waals surface area contributed by atoms with Crippen LogP contribution in [0.2, 0.25) is 5.02 Å².